The normalized spacial score (nSPS) is 14.5. The van der Waals surface area contributed by atoms with Crippen LogP contribution < -0.4 is 5.32 Å². The number of benzene rings is 1. The van der Waals surface area contributed by atoms with Gasteiger partial charge in [0.05, 0.1) is 0 Å². The molecule has 0 aliphatic carbocycles. The number of anilines is 1. The van der Waals surface area contributed by atoms with E-state index < -0.39 is 0 Å². The molecule has 0 spiro atoms. The second kappa shape index (κ2) is 3.06. The molecular formula is C12H17N. The summed E-state index contributed by atoms with van der Waals surface area (Å²) in [4.78, 5) is 0. The van der Waals surface area contributed by atoms with E-state index in [2.05, 4.69) is 38.2 Å². The van der Waals surface area contributed by atoms with E-state index in [4.69, 9.17) is 0 Å². The molecular weight excluding hydrogens is 158 g/mol. The fourth-order valence-corrected chi connectivity index (χ4v) is 1.99. The highest BCUT2D eigenvalue weighted by atomic mass is 14.9. The summed E-state index contributed by atoms with van der Waals surface area (Å²) in [5.41, 5.74) is 5.78. The third-order valence-corrected chi connectivity index (χ3v) is 2.85. The second-order valence-corrected chi connectivity index (χ2v) is 4.20. The zero-order chi connectivity index (χ0) is 9.42. The van der Waals surface area contributed by atoms with E-state index in [0.717, 1.165) is 6.54 Å². The summed E-state index contributed by atoms with van der Waals surface area (Å²) in [5.74, 6) is 0.631. The lowest BCUT2D eigenvalue weighted by Crippen LogP contribution is -1.93. The Morgan fingerprint density at radius 3 is 2.77 bits per heavy atom. The lowest BCUT2D eigenvalue weighted by atomic mass is 9.96. The van der Waals surface area contributed by atoms with E-state index in [1.807, 2.05) is 0 Å². The third-order valence-electron chi connectivity index (χ3n) is 2.85. The van der Waals surface area contributed by atoms with Crippen LogP contribution in [0.3, 0.4) is 0 Å². The molecule has 70 valence electrons. The maximum atomic E-state index is 3.44. The van der Waals surface area contributed by atoms with E-state index in [-0.39, 0.29) is 0 Å². The molecule has 0 fully saturated rings. The zero-order valence-electron chi connectivity index (χ0n) is 8.65. The molecule has 1 aliphatic heterocycles. The number of fused-ring (bicyclic) bond motifs is 1. The maximum absolute atomic E-state index is 3.44. The van der Waals surface area contributed by atoms with Crippen molar-refractivity contribution in [2.24, 2.45) is 0 Å². The lowest BCUT2D eigenvalue weighted by Gasteiger charge is -2.10. The highest BCUT2D eigenvalue weighted by molar-refractivity contribution is 5.60. The predicted octanol–water partition coefficient (Wildman–Crippen LogP) is 3.09. The minimum atomic E-state index is 0.631. The summed E-state index contributed by atoms with van der Waals surface area (Å²) in [5, 5.41) is 3.44. The smallest absolute Gasteiger partial charge is 0.0379 e. The minimum absolute atomic E-state index is 0.631. The Hall–Kier alpha value is -0.980. The molecule has 13 heavy (non-hydrogen) atoms. The number of aryl methyl sites for hydroxylation is 1. The molecule has 0 radical (unpaired) electrons. The van der Waals surface area contributed by atoms with Crippen LogP contribution in [0.15, 0.2) is 12.1 Å². The first-order chi connectivity index (χ1) is 6.18. The van der Waals surface area contributed by atoms with Gasteiger partial charge in [0.2, 0.25) is 0 Å². The molecule has 1 aromatic rings. The van der Waals surface area contributed by atoms with Crippen LogP contribution in [0.4, 0.5) is 5.69 Å². The topological polar surface area (TPSA) is 12.0 Å². The lowest BCUT2D eigenvalue weighted by molar-refractivity contribution is 0.864. The van der Waals surface area contributed by atoms with Crippen LogP contribution in [0.1, 0.15) is 36.5 Å². The molecule has 0 aromatic heterocycles. The van der Waals surface area contributed by atoms with Crippen LogP contribution in [0.25, 0.3) is 0 Å². The Balaban J connectivity index is 2.49. The fourth-order valence-electron chi connectivity index (χ4n) is 1.99. The molecule has 2 rings (SSSR count). The van der Waals surface area contributed by atoms with Gasteiger partial charge in [-0.3, -0.25) is 0 Å². The summed E-state index contributed by atoms with van der Waals surface area (Å²) >= 11 is 0. The van der Waals surface area contributed by atoms with Crippen molar-refractivity contribution in [3.05, 3.63) is 28.8 Å². The Morgan fingerprint density at radius 1 is 1.31 bits per heavy atom. The van der Waals surface area contributed by atoms with Gasteiger partial charge in [0, 0.05) is 12.2 Å². The molecule has 0 atom stereocenters. The van der Waals surface area contributed by atoms with Crippen LogP contribution in [-0.2, 0) is 6.42 Å². The zero-order valence-corrected chi connectivity index (χ0v) is 8.65. The van der Waals surface area contributed by atoms with Gasteiger partial charge in [0.25, 0.3) is 0 Å². The van der Waals surface area contributed by atoms with Gasteiger partial charge < -0.3 is 5.32 Å². The largest absolute Gasteiger partial charge is 0.384 e. The van der Waals surface area contributed by atoms with Gasteiger partial charge in [0.1, 0.15) is 0 Å². The number of rotatable bonds is 1. The highest BCUT2D eigenvalue weighted by Crippen LogP contribution is 2.29. The number of hydrogen-bond acceptors (Lipinski definition) is 1. The molecule has 1 nitrogen and oxygen atoms in total. The van der Waals surface area contributed by atoms with Crippen molar-refractivity contribution < 1.29 is 0 Å². The SMILES string of the molecule is Cc1cc(C(C)C)cc2c1CCN2. The third kappa shape index (κ3) is 1.43. The van der Waals surface area contributed by atoms with Gasteiger partial charge >= 0.3 is 0 Å². The van der Waals surface area contributed by atoms with E-state index in [1.54, 1.807) is 0 Å². The molecule has 0 unspecified atom stereocenters. The Kier molecular flexibility index (Phi) is 2.03. The van der Waals surface area contributed by atoms with Crippen LogP contribution in [0, 0.1) is 6.92 Å². The number of hydrogen-bond donors (Lipinski definition) is 1. The van der Waals surface area contributed by atoms with Crippen LogP contribution in [0.2, 0.25) is 0 Å². The van der Waals surface area contributed by atoms with E-state index in [0.29, 0.717) is 5.92 Å². The molecule has 1 heteroatoms. The predicted molar refractivity (Wildman–Crippen MR) is 57.5 cm³/mol. The molecule has 1 N–H and O–H groups in total. The summed E-state index contributed by atoms with van der Waals surface area (Å²) in [6.07, 6.45) is 1.19. The van der Waals surface area contributed by atoms with Crippen molar-refractivity contribution in [3.63, 3.8) is 0 Å². The molecule has 0 bridgehead atoms. The van der Waals surface area contributed by atoms with Crippen molar-refractivity contribution in [1.82, 2.24) is 0 Å². The Morgan fingerprint density at radius 2 is 2.08 bits per heavy atom. The molecule has 0 amide bonds. The van der Waals surface area contributed by atoms with E-state index >= 15 is 0 Å². The summed E-state index contributed by atoms with van der Waals surface area (Å²) in [6, 6.07) is 4.64. The summed E-state index contributed by atoms with van der Waals surface area (Å²) in [7, 11) is 0. The quantitative estimate of drug-likeness (QED) is 0.691. The Bertz CT molecular complexity index is 326. The van der Waals surface area contributed by atoms with Gasteiger partial charge in [-0.2, -0.15) is 0 Å². The van der Waals surface area contributed by atoms with Gasteiger partial charge in [-0.1, -0.05) is 19.9 Å². The van der Waals surface area contributed by atoms with Crippen LogP contribution >= 0.6 is 0 Å². The first kappa shape index (κ1) is 8.61. The van der Waals surface area contributed by atoms with E-state index in [1.165, 1.54) is 28.8 Å². The van der Waals surface area contributed by atoms with Crippen molar-refractivity contribution in [1.29, 1.82) is 0 Å². The van der Waals surface area contributed by atoms with E-state index in [9.17, 15) is 0 Å². The Labute approximate surface area is 80.2 Å². The van der Waals surface area contributed by atoms with Crippen molar-refractivity contribution in [2.75, 3.05) is 11.9 Å². The monoisotopic (exact) mass is 175 g/mol. The van der Waals surface area contributed by atoms with Gasteiger partial charge in [-0.05, 0) is 42.0 Å². The summed E-state index contributed by atoms with van der Waals surface area (Å²) < 4.78 is 0. The maximum Gasteiger partial charge on any atom is 0.0379 e. The first-order valence-corrected chi connectivity index (χ1v) is 5.06. The second-order valence-electron chi connectivity index (χ2n) is 4.20. The van der Waals surface area contributed by atoms with Gasteiger partial charge in [-0.25, -0.2) is 0 Å². The summed E-state index contributed by atoms with van der Waals surface area (Å²) in [6.45, 7) is 7.82. The van der Waals surface area contributed by atoms with Crippen molar-refractivity contribution in [2.45, 2.75) is 33.1 Å². The van der Waals surface area contributed by atoms with Gasteiger partial charge in [0.15, 0.2) is 0 Å². The highest BCUT2D eigenvalue weighted by Gasteiger charge is 2.14. The van der Waals surface area contributed by atoms with Crippen molar-refractivity contribution in [3.8, 4) is 0 Å². The minimum Gasteiger partial charge on any atom is -0.384 e. The fraction of sp³-hybridized carbons (Fsp3) is 0.500. The average Bonchev–Trinajstić information content (AvgIpc) is 2.51. The average molecular weight is 175 g/mol. The molecule has 0 saturated carbocycles. The molecule has 0 saturated heterocycles. The molecule has 1 aromatic carbocycles. The molecule has 1 aliphatic rings. The van der Waals surface area contributed by atoms with Crippen LogP contribution in [-0.4, -0.2) is 6.54 Å². The van der Waals surface area contributed by atoms with Crippen molar-refractivity contribution >= 4 is 5.69 Å². The number of nitrogens with one attached hydrogen (secondary N) is 1. The standard InChI is InChI=1S/C12H17N/c1-8(2)10-6-9(3)11-4-5-13-12(11)7-10/h6-8,13H,4-5H2,1-3H3. The molecule has 1 heterocycles. The van der Waals surface area contributed by atoms with Crippen LogP contribution in [0.5, 0.6) is 0 Å². The van der Waals surface area contributed by atoms with Gasteiger partial charge in [-0.15, -0.1) is 0 Å². The first-order valence-electron chi connectivity index (χ1n) is 5.06.